The van der Waals surface area contributed by atoms with Crippen LogP contribution in [0.1, 0.15) is 46.0 Å². The molecule has 1 saturated heterocycles. The summed E-state index contributed by atoms with van der Waals surface area (Å²) in [6.45, 7) is 5.23. The number of carbonyl (C=O) groups excluding carboxylic acids is 1. The fraction of sp³-hybridized carbons (Fsp3) is 0.929. The molecular weight excluding hydrogens is 212 g/mol. The van der Waals surface area contributed by atoms with Gasteiger partial charge in [-0.05, 0) is 43.9 Å². The highest BCUT2D eigenvalue weighted by molar-refractivity contribution is 5.84. The van der Waals surface area contributed by atoms with Crippen molar-refractivity contribution in [2.75, 3.05) is 6.54 Å². The van der Waals surface area contributed by atoms with Gasteiger partial charge >= 0.3 is 0 Å². The number of rotatable bonds is 5. The van der Waals surface area contributed by atoms with Crippen LogP contribution < -0.4 is 5.32 Å². The Bertz CT molecular complexity index is 295. The van der Waals surface area contributed by atoms with E-state index in [0.29, 0.717) is 18.0 Å². The van der Waals surface area contributed by atoms with Crippen molar-refractivity contribution in [3.63, 3.8) is 0 Å². The minimum absolute atomic E-state index is 0.0926. The molecule has 1 N–H and O–H groups in total. The SMILES string of the molecule is CC(C)NC1CCN(C(C2CC2)C2CC2)C1=O. The van der Waals surface area contributed by atoms with Crippen LogP contribution >= 0.6 is 0 Å². The molecule has 0 bridgehead atoms. The lowest BCUT2D eigenvalue weighted by Gasteiger charge is -2.28. The van der Waals surface area contributed by atoms with Crippen LogP contribution in [0.15, 0.2) is 0 Å². The van der Waals surface area contributed by atoms with Crippen LogP contribution in [-0.2, 0) is 4.79 Å². The third-order valence-electron chi connectivity index (χ3n) is 4.34. The lowest BCUT2D eigenvalue weighted by molar-refractivity contribution is -0.132. The molecule has 0 aromatic carbocycles. The number of nitrogens with one attached hydrogen (secondary N) is 1. The van der Waals surface area contributed by atoms with Crippen molar-refractivity contribution in [1.82, 2.24) is 10.2 Å². The van der Waals surface area contributed by atoms with Gasteiger partial charge in [-0.25, -0.2) is 0 Å². The summed E-state index contributed by atoms with van der Waals surface area (Å²) in [5.41, 5.74) is 0. The maximum Gasteiger partial charge on any atom is 0.240 e. The molecule has 1 atom stereocenters. The standard InChI is InChI=1S/C14H24N2O/c1-9(2)15-12-7-8-16(14(12)17)13(10-3-4-10)11-5-6-11/h9-13,15H,3-8H2,1-2H3. The second-order valence-electron chi connectivity index (χ2n) is 6.36. The van der Waals surface area contributed by atoms with Gasteiger partial charge in [0.15, 0.2) is 0 Å². The first-order chi connectivity index (χ1) is 8.16. The predicted molar refractivity (Wildman–Crippen MR) is 67.6 cm³/mol. The summed E-state index contributed by atoms with van der Waals surface area (Å²) in [7, 11) is 0. The fourth-order valence-corrected chi connectivity index (χ4v) is 3.32. The second-order valence-corrected chi connectivity index (χ2v) is 6.36. The number of likely N-dealkylation sites (tertiary alicyclic amines) is 1. The molecule has 0 spiro atoms. The first-order valence-corrected chi connectivity index (χ1v) is 7.23. The van der Waals surface area contributed by atoms with Crippen molar-refractivity contribution in [2.24, 2.45) is 11.8 Å². The van der Waals surface area contributed by atoms with E-state index >= 15 is 0 Å². The molecule has 1 heterocycles. The first kappa shape index (κ1) is 11.5. The first-order valence-electron chi connectivity index (χ1n) is 7.23. The summed E-state index contributed by atoms with van der Waals surface area (Å²) in [5, 5.41) is 3.40. The van der Waals surface area contributed by atoms with E-state index in [9.17, 15) is 4.79 Å². The minimum Gasteiger partial charge on any atom is -0.338 e. The Kier molecular flexibility index (Phi) is 2.89. The van der Waals surface area contributed by atoms with Crippen molar-refractivity contribution in [1.29, 1.82) is 0 Å². The molecule has 96 valence electrons. The Morgan fingerprint density at radius 3 is 2.18 bits per heavy atom. The Balaban J connectivity index is 1.65. The fourth-order valence-electron chi connectivity index (χ4n) is 3.32. The Morgan fingerprint density at radius 1 is 1.12 bits per heavy atom. The van der Waals surface area contributed by atoms with Gasteiger partial charge in [0.2, 0.25) is 5.91 Å². The Labute approximate surface area is 104 Å². The quantitative estimate of drug-likeness (QED) is 0.789. The molecule has 3 rings (SSSR count). The molecular formula is C14H24N2O. The predicted octanol–water partition coefficient (Wildman–Crippen LogP) is 1.77. The molecule has 0 aromatic rings. The van der Waals surface area contributed by atoms with E-state index in [4.69, 9.17) is 0 Å². The van der Waals surface area contributed by atoms with E-state index in [1.54, 1.807) is 0 Å². The Morgan fingerprint density at radius 2 is 1.71 bits per heavy atom. The van der Waals surface area contributed by atoms with Gasteiger partial charge in [-0.1, -0.05) is 13.8 Å². The topological polar surface area (TPSA) is 32.3 Å². The minimum atomic E-state index is 0.0926. The van der Waals surface area contributed by atoms with Crippen molar-refractivity contribution in [2.45, 2.75) is 64.1 Å². The summed E-state index contributed by atoms with van der Waals surface area (Å²) >= 11 is 0. The van der Waals surface area contributed by atoms with Crippen LogP contribution in [0.25, 0.3) is 0 Å². The van der Waals surface area contributed by atoms with Gasteiger partial charge in [-0.15, -0.1) is 0 Å². The molecule has 3 heteroatoms. The summed E-state index contributed by atoms with van der Waals surface area (Å²) < 4.78 is 0. The molecule has 3 nitrogen and oxygen atoms in total. The average molecular weight is 236 g/mol. The van der Waals surface area contributed by atoms with E-state index in [1.165, 1.54) is 25.7 Å². The van der Waals surface area contributed by atoms with E-state index in [0.717, 1.165) is 24.8 Å². The summed E-state index contributed by atoms with van der Waals surface area (Å²) in [6.07, 6.45) is 6.42. The van der Waals surface area contributed by atoms with Gasteiger partial charge in [-0.2, -0.15) is 0 Å². The van der Waals surface area contributed by atoms with Gasteiger partial charge in [0.05, 0.1) is 6.04 Å². The largest absolute Gasteiger partial charge is 0.338 e. The van der Waals surface area contributed by atoms with Crippen LogP contribution in [0.3, 0.4) is 0 Å². The van der Waals surface area contributed by atoms with Crippen molar-refractivity contribution >= 4 is 5.91 Å². The lowest BCUT2D eigenvalue weighted by atomic mass is 10.1. The number of amides is 1. The highest BCUT2D eigenvalue weighted by atomic mass is 16.2. The molecule has 1 unspecified atom stereocenters. The maximum atomic E-state index is 12.4. The third-order valence-corrected chi connectivity index (χ3v) is 4.34. The molecule has 17 heavy (non-hydrogen) atoms. The molecule has 3 fully saturated rings. The van der Waals surface area contributed by atoms with Crippen LogP contribution in [-0.4, -0.2) is 35.5 Å². The van der Waals surface area contributed by atoms with E-state index in [1.807, 2.05) is 0 Å². The lowest BCUT2D eigenvalue weighted by Crippen LogP contribution is -2.46. The second kappa shape index (κ2) is 4.27. The highest BCUT2D eigenvalue weighted by Gasteiger charge is 2.48. The maximum absolute atomic E-state index is 12.4. The molecule has 0 aromatic heterocycles. The van der Waals surface area contributed by atoms with Crippen LogP contribution in [0.2, 0.25) is 0 Å². The molecule has 0 radical (unpaired) electrons. The van der Waals surface area contributed by atoms with Crippen LogP contribution in [0.5, 0.6) is 0 Å². The smallest absolute Gasteiger partial charge is 0.240 e. The van der Waals surface area contributed by atoms with Crippen molar-refractivity contribution < 1.29 is 4.79 Å². The number of carbonyl (C=O) groups is 1. The zero-order chi connectivity index (χ0) is 12.0. The Hall–Kier alpha value is -0.570. The monoisotopic (exact) mass is 236 g/mol. The molecule has 2 saturated carbocycles. The summed E-state index contributed by atoms with van der Waals surface area (Å²) in [5.74, 6) is 2.05. The van der Waals surface area contributed by atoms with Gasteiger partial charge in [0.1, 0.15) is 0 Å². The van der Waals surface area contributed by atoms with Gasteiger partial charge in [-0.3, -0.25) is 4.79 Å². The van der Waals surface area contributed by atoms with Crippen LogP contribution in [0, 0.1) is 11.8 Å². The van der Waals surface area contributed by atoms with Gasteiger partial charge in [0, 0.05) is 18.6 Å². The average Bonchev–Trinajstić information content (AvgIpc) is 3.12. The summed E-state index contributed by atoms with van der Waals surface area (Å²) in [6, 6.07) is 1.10. The zero-order valence-electron chi connectivity index (χ0n) is 11.0. The highest BCUT2D eigenvalue weighted by Crippen LogP contribution is 2.48. The van der Waals surface area contributed by atoms with Crippen LogP contribution in [0.4, 0.5) is 0 Å². The number of nitrogens with zero attached hydrogens (tertiary/aromatic N) is 1. The normalized spacial score (nSPS) is 29.8. The van der Waals surface area contributed by atoms with E-state index in [-0.39, 0.29) is 6.04 Å². The third kappa shape index (κ3) is 2.35. The molecule has 1 aliphatic heterocycles. The zero-order valence-corrected chi connectivity index (χ0v) is 11.0. The van der Waals surface area contributed by atoms with Gasteiger partial charge in [0.25, 0.3) is 0 Å². The molecule has 2 aliphatic carbocycles. The molecule has 3 aliphatic rings. The van der Waals surface area contributed by atoms with Gasteiger partial charge < -0.3 is 10.2 Å². The van der Waals surface area contributed by atoms with Crippen molar-refractivity contribution in [3.05, 3.63) is 0 Å². The van der Waals surface area contributed by atoms with E-state index in [2.05, 4.69) is 24.1 Å². The van der Waals surface area contributed by atoms with Crippen molar-refractivity contribution in [3.8, 4) is 0 Å². The summed E-state index contributed by atoms with van der Waals surface area (Å²) in [4.78, 5) is 14.6. The molecule has 1 amide bonds. The number of hydrogen-bond donors (Lipinski definition) is 1. The number of hydrogen-bond acceptors (Lipinski definition) is 2. The van der Waals surface area contributed by atoms with E-state index < -0.39 is 0 Å².